The van der Waals surface area contributed by atoms with Gasteiger partial charge in [-0.3, -0.25) is 19.9 Å². The monoisotopic (exact) mass is 393 g/mol. The minimum absolute atomic E-state index is 0.222. The number of nitrogens with zero attached hydrogens (tertiary/aromatic N) is 2. The Hall–Kier alpha value is -2.77. The highest BCUT2D eigenvalue weighted by molar-refractivity contribution is 6.36. The molecule has 0 radical (unpaired) electrons. The van der Waals surface area contributed by atoms with Crippen LogP contribution in [0.2, 0.25) is 10.0 Å². The van der Waals surface area contributed by atoms with Crippen molar-refractivity contribution >= 4 is 58.6 Å². The fourth-order valence-electron chi connectivity index (χ4n) is 2.32. The van der Waals surface area contributed by atoms with Gasteiger partial charge in [0.15, 0.2) is 5.92 Å². The summed E-state index contributed by atoms with van der Waals surface area (Å²) in [5.41, 5.74) is 0.0245. The van der Waals surface area contributed by atoms with Crippen molar-refractivity contribution in [2.45, 2.75) is 0 Å². The van der Waals surface area contributed by atoms with Crippen molar-refractivity contribution in [1.82, 2.24) is 5.32 Å². The van der Waals surface area contributed by atoms with Gasteiger partial charge in [-0.1, -0.05) is 35.3 Å². The quantitative estimate of drug-likeness (QED) is 0.637. The Balaban J connectivity index is 1.93. The number of hydrogen-bond acceptors (Lipinski definition) is 4. The minimum atomic E-state index is -1.42. The molecule has 0 spiro atoms. The first-order valence-electron chi connectivity index (χ1n) is 7.31. The molecule has 2 aromatic rings. The molecule has 26 heavy (non-hydrogen) atoms. The maximum Gasteiger partial charge on any atom is 0.335 e. The number of amides is 4. The molecule has 1 N–H and O–H groups in total. The van der Waals surface area contributed by atoms with E-state index in [0.29, 0.717) is 9.92 Å². The van der Waals surface area contributed by atoms with Crippen molar-refractivity contribution in [3.8, 4) is 0 Å². The van der Waals surface area contributed by atoms with Crippen LogP contribution in [0.15, 0.2) is 47.5 Å². The lowest BCUT2D eigenvalue weighted by atomic mass is 10.1. The van der Waals surface area contributed by atoms with E-state index >= 15 is 0 Å². The first kappa shape index (κ1) is 18.0. The number of aliphatic imine (C=N–C) groups is 1. The van der Waals surface area contributed by atoms with Crippen LogP contribution in [0, 0.1) is 11.7 Å². The molecule has 1 heterocycles. The third-order valence-electron chi connectivity index (χ3n) is 3.57. The van der Waals surface area contributed by atoms with Gasteiger partial charge in [-0.05, 0) is 30.3 Å². The molecule has 1 aliphatic heterocycles. The maximum atomic E-state index is 14.0. The molecule has 6 nitrogen and oxygen atoms in total. The average Bonchev–Trinajstić information content (AvgIpc) is 2.57. The topological polar surface area (TPSA) is 78.8 Å². The lowest BCUT2D eigenvalue weighted by Crippen LogP contribution is -2.58. The van der Waals surface area contributed by atoms with E-state index in [0.717, 1.165) is 12.3 Å². The number of anilines is 1. The number of hydrogen-bond donors (Lipinski definition) is 1. The summed E-state index contributed by atoms with van der Waals surface area (Å²) in [5, 5.41) is 2.63. The summed E-state index contributed by atoms with van der Waals surface area (Å²) in [6, 6.07) is 8.71. The number of nitrogens with one attached hydrogen (secondary N) is 1. The molecular weight excluding hydrogens is 384 g/mol. The Morgan fingerprint density at radius 2 is 1.85 bits per heavy atom. The molecule has 0 aromatic heterocycles. The van der Waals surface area contributed by atoms with Gasteiger partial charge in [-0.15, -0.1) is 0 Å². The summed E-state index contributed by atoms with van der Waals surface area (Å²) in [7, 11) is 0. The molecule has 1 atom stereocenters. The predicted octanol–water partition coefficient (Wildman–Crippen LogP) is 3.73. The lowest BCUT2D eigenvalue weighted by Gasteiger charge is -2.28. The summed E-state index contributed by atoms with van der Waals surface area (Å²) in [6.45, 7) is 0. The Bertz CT molecular complexity index is 949. The van der Waals surface area contributed by atoms with Crippen molar-refractivity contribution in [2.75, 3.05) is 4.90 Å². The van der Waals surface area contributed by atoms with E-state index in [1.54, 1.807) is 0 Å². The van der Waals surface area contributed by atoms with E-state index < -0.39 is 29.6 Å². The van der Waals surface area contributed by atoms with Gasteiger partial charge < -0.3 is 0 Å². The maximum absolute atomic E-state index is 14.0. The first-order chi connectivity index (χ1) is 12.4. The Kier molecular flexibility index (Phi) is 5.01. The van der Waals surface area contributed by atoms with E-state index in [1.807, 2.05) is 5.32 Å². The van der Waals surface area contributed by atoms with Gasteiger partial charge in [0.2, 0.25) is 5.91 Å². The number of urea groups is 1. The van der Waals surface area contributed by atoms with E-state index in [9.17, 15) is 18.8 Å². The Morgan fingerprint density at radius 1 is 1.12 bits per heavy atom. The predicted molar refractivity (Wildman–Crippen MR) is 95.5 cm³/mol. The summed E-state index contributed by atoms with van der Waals surface area (Å²) in [5.74, 6) is -3.97. The van der Waals surface area contributed by atoms with Crippen LogP contribution in [0.3, 0.4) is 0 Å². The number of carbonyl (C=O) groups is 3. The van der Waals surface area contributed by atoms with Crippen molar-refractivity contribution in [3.05, 3.63) is 58.3 Å². The molecule has 4 amide bonds. The van der Waals surface area contributed by atoms with E-state index in [4.69, 9.17) is 23.2 Å². The van der Waals surface area contributed by atoms with Gasteiger partial charge in [-0.2, -0.15) is 0 Å². The fourth-order valence-corrected chi connectivity index (χ4v) is 2.78. The van der Waals surface area contributed by atoms with Crippen LogP contribution in [0.25, 0.3) is 0 Å². The summed E-state index contributed by atoms with van der Waals surface area (Å²) in [4.78, 5) is 41.2. The average molecular weight is 394 g/mol. The molecule has 1 aliphatic rings. The summed E-state index contributed by atoms with van der Waals surface area (Å²) >= 11 is 11.8. The van der Waals surface area contributed by atoms with E-state index in [2.05, 4.69) is 4.99 Å². The third kappa shape index (κ3) is 3.44. The molecule has 1 fully saturated rings. The number of barbiturate groups is 1. The SMILES string of the molecule is O=C1NC(=O)N(c2ccccc2F)C(=O)[C@H]1C=Nc1ccc(Cl)cc1Cl. The minimum Gasteiger partial charge on any atom is -0.276 e. The second-order valence-electron chi connectivity index (χ2n) is 5.27. The lowest BCUT2D eigenvalue weighted by molar-refractivity contribution is -0.131. The van der Waals surface area contributed by atoms with Gasteiger partial charge >= 0.3 is 6.03 Å². The molecular formula is C17H10Cl2FN3O3. The second kappa shape index (κ2) is 7.23. The number of para-hydroxylation sites is 1. The zero-order chi connectivity index (χ0) is 18.8. The molecule has 0 bridgehead atoms. The number of carbonyl (C=O) groups excluding carboxylic acids is 3. The molecule has 1 saturated heterocycles. The first-order valence-corrected chi connectivity index (χ1v) is 8.06. The van der Waals surface area contributed by atoms with Crippen molar-refractivity contribution in [3.63, 3.8) is 0 Å². The highest BCUT2D eigenvalue weighted by Gasteiger charge is 2.41. The molecule has 2 aromatic carbocycles. The Labute approximate surface area is 157 Å². The third-order valence-corrected chi connectivity index (χ3v) is 4.11. The van der Waals surface area contributed by atoms with Crippen LogP contribution in [0.5, 0.6) is 0 Å². The number of halogens is 3. The van der Waals surface area contributed by atoms with Crippen LogP contribution in [0.4, 0.5) is 20.6 Å². The summed E-state index contributed by atoms with van der Waals surface area (Å²) < 4.78 is 14.0. The number of imide groups is 2. The van der Waals surface area contributed by atoms with Crippen LogP contribution < -0.4 is 10.2 Å². The van der Waals surface area contributed by atoms with Gasteiger partial charge in [-0.25, -0.2) is 14.1 Å². The molecule has 0 aliphatic carbocycles. The standard InChI is InChI=1S/C17H10Cl2FN3O3/c18-9-5-6-13(11(19)7-9)21-8-10-15(24)22-17(26)23(16(10)25)14-4-2-1-3-12(14)20/h1-8,10H,(H,22,24,26)/t10-/m0/s1. The summed E-state index contributed by atoms with van der Waals surface area (Å²) in [6.07, 6.45) is 1.05. The molecule has 0 unspecified atom stereocenters. The van der Waals surface area contributed by atoms with E-state index in [-0.39, 0.29) is 16.4 Å². The van der Waals surface area contributed by atoms with Crippen LogP contribution in [-0.2, 0) is 9.59 Å². The zero-order valence-corrected chi connectivity index (χ0v) is 14.5. The van der Waals surface area contributed by atoms with Crippen LogP contribution in [0.1, 0.15) is 0 Å². The second-order valence-corrected chi connectivity index (χ2v) is 6.11. The van der Waals surface area contributed by atoms with E-state index in [1.165, 1.54) is 36.4 Å². The number of benzene rings is 2. The van der Waals surface area contributed by atoms with Crippen LogP contribution in [-0.4, -0.2) is 24.1 Å². The smallest absolute Gasteiger partial charge is 0.276 e. The van der Waals surface area contributed by atoms with Gasteiger partial charge in [0, 0.05) is 11.2 Å². The fraction of sp³-hybridized carbons (Fsp3) is 0.0588. The highest BCUT2D eigenvalue weighted by atomic mass is 35.5. The van der Waals surface area contributed by atoms with Crippen molar-refractivity contribution in [2.24, 2.45) is 10.9 Å². The van der Waals surface area contributed by atoms with Crippen molar-refractivity contribution in [1.29, 1.82) is 0 Å². The zero-order valence-electron chi connectivity index (χ0n) is 12.9. The van der Waals surface area contributed by atoms with Crippen LogP contribution >= 0.6 is 23.2 Å². The van der Waals surface area contributed by atoms with Gasteiger partial charge in [0.25, 0.3) is 5.91 Å². The highest BCUT2D eigenvalue weighted by Crippen LogP contribution is 2.28. The Morgan fingerprint density at radius 3 is 2.54 bits per heavy atom. The molecule has 132 valence electrons. The van der Waals surface area contributed by atoms with Gasteiger partial charge in [0.1, 0.15) is 5.82 Å². The van der Waals surface area contributed by atoms with Crippen molar-refractivity contribution < 1.29 is 18.8 Å². The number of rotatable bonds is 3. The van der Waals surface area contributed by atoms with Gasteiger partial charge in [0.05, 0.1) is 16.4 Å². The normalized spacial score (nSPS) is 17.7. The largest absolute Gasteiger partial charge is 0.335 e. The molecule has 3 rings (SSSR count). The molecule has 0 saturated carbocycles. The molecule has 9 heteroatoms.